The van der Waals surface area contributed by atoms with Gasteiger partial charge in [0.1, 0.15) is 23.7 Å². The third-order valence-corrected chi connectivity index (χ3v) is 3.43. The fraction of sp³-hybridized carbons (Fsp3) is 0.333. The number of rotatable bonds is 4. The molecule has 0 fully saturated rings. The number of ether oxygens (including phenoxy) is 1. The Kier molecular flexibility index (Phi) is 4.25. The minimum Gasteiger partial charge on any atom is -0.425 e. The van der Waals surface area contributed by atoms with Crippen LogP contribution in [0.4, 0.5) is 5.69 Å². The number of aryl methyl sites for hydroxylation is 3. The van der Waals surface area contributed by atoms with Crippen molar-refractivity contribution in [1.29, 1.82) is 0 Å². The summed E-state index contributed by atoms with van der Waals surface area (Å²) < 4.78 is 6.67. The van der Waals surface area contributed by atoms with Gasteiger partial charge < -0.3 is 4.74 Å². The van der Waals surface area contributed by atoms with Crippen LogP contribution in [0, 0.1) is 37.8 Å². The third-order valence-electron chi connectivity index (χ3n) is 3.43. The van der Waals surface area contributed by atoms with Crippen molar-refractivity contribution in [3.63, 3.8) is 0 Å². The van der Waals surface area contributed by atoms with Gasteiger partial charge in [0.05, 0.1) is 4.92 Å². The molecule has 2 aromatic rings. The van der Waals surface area contributed by atoms with Crippen LogP contribution in [-0.2, 0) is 11.3 Å². The summed E-state index contributed by atoms with van der Waals surface area (Å²) >= 11 is 0. The number of carbonyl (C=O) groups is 1. The van der Waals surface area contributed by atoms with Crippen LogP contribution in [0.5, 0.6) is 5.75 Å². The summed E-state index contributed by atoms with van der Waals surface area (Å²) in [5, 5.41) is 15.0. The number of esters is 1. The second-order valence-corrected chi connectivity index (χ2v) is 5.13. The number of aromatic nitrogens is 2. The summed E-state index contributed by atoms with van der Waals surface area (Å²) in [4.78, 5) is 22.5. The first-order chi connectivity index (χ1) is 10.3. The highest BCUT2D eigenvalue weighted by atomic mass is 16.6. The van der Waals surface area contributed by atoms with Crippen molar-refractivity contribution in [2.45, 2.75) is 34.2 Å². The second kappa shape index (κ2) is 5.97. The molecule has 1 aromatic carbocycles. The number of nitrogens with zero attached hydrogens (tertiary/aromatic N) is 3. The first kappa shape index (κ1) is 15.7. The summed E-state index contributed by atoms with van der Waals surface area (Å²) in [5.41, 5.74) is 2.25. The normalized spacial score (nSPS) is 10.5. The van der Waals surface area contributed by atoms with Crippen LogP contribution < -0.4 is 4.74 Å². The quantitative estimate of drug-likeness (QED) is 0.375. The molecule has 0 aliphatic carbocycles. The van der Waals surface area contributed by atoms with Gasteiger partial charge in [-0.1, -0.05) is 18.2 Å². The number of carbonyl (C=O) groups excluding carboxylic acids is 1. The zero-order valence-corrected chi connectivity index (χ0v) is 12.9. The molecule has 0 aliphatic rings. The van der Waals surface area contributed by atoms with Crippen molar-refractivity contribution in [3.8, 4) is 5.75 Å². The van der Waals surface area contributed by atoms with E-state index >= 15 is 0 Å². The molecule has 0 saturated heterocycles. The Balaban J connectivity index is 2.20. The predicted octanol–water partition coefficient (Wildman–Crippen LogP) is 2.63. The SMILES string of the molecule is Cc1cccc(C)c1OC(=O)Cn1nc(C)c([N+](=O)[O-])c1C. The van der Waals surface area contributed by atoms with Crippen molar-refractivity contribution in [1.82, 2.24) is 9.78 Å². The number of benzene rings is 1. The van der Waals surface area contributed by atoms with E-state index in [1.807, 2.05) is 32.0 Å². The molecule has 0 unspecified atom stereocenters. The Morgan fingerprint density at radius 3 is 2.36 bits per heavy atom. The average molecular weight is 303 g/mol. The molecule has 1 heterocycles. The average Bonchev–Trinajstić information content (AvgIpc) is 2.69. The topological polar surface area (TPSA) is 87.3 Å². The molecule has 0 radical (unpaired) electrons. The smallest absolute Gasteiger partial charge is 0.333 e. The zero-order valence-electron chi connectivity index (χ0n) is 12.9. The van der Waals surface area contributed by atoms with Crippen molar-refractivity contribution >= 4 is 11.7 Å². The van der Waals surface area contributed by atoms with Gasteiger partial charge >= 0.3 is 11.7 Å². The van der Waals surface area contributed by atoms with Gasteiger partial charge in [-0.2, -0.15) is 5.10 Å². The summed E-state index contributed by atoms with van der Waals surface area (Å²) in [5.74, 6) is 0.00132. The van der Waals surface area contributed by atoms with Gasteiger partial charge in [0.15, 0.2) is 0 Å². The third kappa shape index (κ3) is 2.98. The van der Waals surface area contributed by atoms with E-state index in [0.29, 0.717) is 11.4 Å². The summed E-state index contributed by atoms with van der Waals surface area (Å²) in [6.07, 6.45) is 0. The number of para-hydroxylation sites is 1. The fourth-order valence-corrected chi connectivity index (χ4v) is 2.33. The van der Waals surface area contributed by atoms with E-state index in [1.54, 1.807) is 13.8 Å². The van der Waals surface area contributed by atoms with Gasteiger partial charge in [-0.15, -0.1) is 0 Å². The van der Waals surface area contributed by atoms with Crippen LogP contribution in [0.2, 0.25) is 0 Å². The van der Waals surface area contributed by atoms with Gasteiger partial charge in [-0.3, -0.25) is 14.8 Å². The molecular formula is C15H17N3O4. The lowest BCUT2D eigenvalue weighted by Gasteiger charge is -2.10. The fourth-order valence-electron chi connectivity index (χ4n) is 2.33. The molecule has 0 aliphatic heterocycles. The predicted molar refractivity (Wildman–Crippen MR) is 79.9 cm³/mol. The maximum absolute atomic E-state index is 12.1. The van der Waals surface area contributed by atoms with Crippen molar-refractivity contribution < 1.29 is 14.5 Å². The Hall–Kier alpha value is -2.70. The van der Waals surface area contributed by atoms with Gasteiger partial charge in [-0.05, 0) is 38.8 Å². The highest BCUT2D eigenvalue weighted by Crippen LogP contribution is 2.24. The molecule has 1 aromatic heterocycles. The van der Waals surface area contributed by atoms with E-state index in [2.05, 4.69) is 5.10 Å². The molecule has 0 N–H and O–H groups in total. The highest BCUT2D eigenvalue weighted by molar-refractivity contribution is 5.73. The maximum Gasteiger partial charge on any atom is 0.333 e. The lowest BCUT2D eigenvalue weighted by Crippen LogP contribution is -2.19. The van der Waals surface area contributed by atoms with Crippen LogP contribution >= 0.6 is 0 Å². The zero-order chi connectivity index (χ0) is 16.4. The van der Waals surface area contributed by atoms with Crippen LogP contribution in [0.3, 0.4) is 0 Å². The van der Waals surface area contributed by atoms with Crippen LogP contribution in [0.15, 0.2) is 18.2 Å². The molecule has 0 bridgehead atoms. The standard InChI is InChI=1S/C15H17N3O4/c1-9-6-5-7-10(2)15(9)22-13(19)8-17-12(4)14(18(20)21)11(3)16-17/h5-7H,8H2,1-4H3. The van der Waals surface area contributed by atoms with Gasteiger partial charge in [-0.25, -0.2) is 4.79 Å². The number of hydrogen-bond acceptors (Lipinski definition) is 5. The maximum atomic E-state index is 12.1. The molecule has 22 heavy (non-hydrogen) atoms. The summed E-state index contributed by atoms with van der Waals surface area (Å²) in [6, 6.07) is 5.58. The Morgan fingerprint density at radius 1 is 1.27 bits per heavy atom. The van der Waals surface area contributed by atoms with E-state index in [9.17, 15) is 14.9 Å². The molecule has 0 spiro atoms. The Labute approximate surface area is 127 Å². The van der Waals surface area contributed by atoms with E-state index in [0.717, 1.165) is 11.1 Å². The van der Waals surface area contributed by atoms with Crippen LogP contribution in [0.25, 0.3) is 0 Å². The summed E-state index contributed by atoms with van der Waals surface area (Å²) in [6.45, 7) is 6.63. The van der Waals surface area contributed by atoms with Gasteiger partial charge in [0, 0.05) is 0 Å². The Morgan fingerprint density at radius 2 is 1.86 bits per heavy atom. The lowest BCUT2D eigenvalue weighted by atomic mass is 10.1. The first-order valence-electron chi connectivity index (χ1n) is 6.76. The molecule has 2 rings (SSSR count). The first-order valence-corrected chi connectivity index (χ1v) is 6.76. The highest BCUT2D eigenvalue weighted by Gasteiger charge is 2.23. The van der Waals surface area contributed by atoms with Crippen LogP contribution in [-0.4, -0.2) is 20.7 Å². The number of hydrogen-bond donors (Lipinski definition) is 0. The van der Waals surface area contributed by atoms with E-state index in [1.165, 1.54) is 4.68 Å². The van der Waals surface area contributed by atoms with Crippen LogP contribution in [0.1, 0.15) is 22.5 Å². The van der Waals surface area contributed by atoms with Crippen molar-refractivity contribution in [2.75, 3.05) is 0 Å². The van der Waals surface area contributed by atoms with E-state index < -0.39 is 10.9 Å². The molecule has 0 atom stereocenters. The monoisotopic (exact) mass is 303 g/mol. The molecule has 0 amide bonds. The Bertz CT molecular complexity index is 729. The number of nitro groups is 1. The van der Waals surface area contributed by atoms with Crippen molar-refractivity contribution in [2.24, 2.45) is 0 Å². The molecule has 7 heteroatoms. The molecular weight excluding hydrogens is 286 g/mol. The minimum atomic E-state index is -0.516. The van der Waals surface area contributed by atoms with E-state index in [-0.39, 0.29) is 17.9 Å². The molecule has 7 nitrogen and oxygen atoms in total. The molecule has 116 valence electrons. The van der Waals surface area contributed by atoms with Crippen molar-refractivity contribution in [3.05, 3.63) is 50.8 Å². The minimum absolute atomic E-state index is 0.0696. The van der Waals surface area contributed by atoms with E-state index in [4.69, 9.17) is 4.74 Å². The summed E-state index contributed by atoms with van der Waals surface area (Å²) in [7, 11) is 0. The molecule has 0 saturated carbocycles. The lowest BCUT2D eigenvalue weighted by molar-refractivity contribution is -0.386. The largest absolute Gasteiger partial charge is 0.425 e. The van der Waals surface area contributed by atoms with Gasteiger partial charge in [0.25, 0.3) is 0 Å². The van der Waals surface area contributed by atoms with Gasteiger partial charge in [0.2, 0.25) is 0 Å². The second-order valence-electron chi connectivity index (χ2n) is 5.13.